The first-order valence-corrected chi connectivity index (χ1v) is 5.85. The van der Waals surface area contributed by atoms with E-state index in [0.29, 0.717) is 16.6 Å². The Bertz CT molecular complexity index is 486. The maximum Gasteiger partial charge on any atom is 0.0703 e. The number of nitrogens with one attached hydrogen (secondary N) is 2. The van der Waals surface area contributed by atoms with E-state index in [9.17, 15) is 0 Å². The Morgan fingerprint density at radius 3 is 2.59 bits per heavy atom. The van der Waals surface area contributed by atoms with Crippen LogP contribution in [0.5, 0.6) is 0 Å². The normalized spacial score (nSPS) is 10.9. The Balaban J connectivity index is 1.94. The zero-order valence-corrected chi connectivity index (χ0v) is 10.5. The van der Waals surface area contributed by atoms with Gasteiger partial charge in [-0.3, -0.25) is 0 Å². The second-order valence-corrected chi connectivity index (χ2v) is 4.23. The summed E-state index contributed by atoms with van der Waals surface area (Å²) in [6, 6.07) is 9.26. The van der Waals surface area contributed by atoms with E-state index in [4.69, 9.17) is 23.2 Å². The highest BCUT2D eigenvalue weighted by Gasteiger charge is 2.03. The van der Waals surface area contributed by atoms with E-state index in [1.807, 2.05) is 24.4 Å². The fraction of sp³-hybridized carbons (Fsp3) is 0.0833. The van der Waals surface area contributed by atoms with Crippen LogP contribution in [0.25, 0.3) is 0 Å². The van der Waals surface area contributed by atoms with Crippen LogP contribution < -0.4 is 5.43 Å². The zero-order chi connectivity index (χ0) is 12.1. The lowest BCUT2D eigenvalue weighted by Crippen LogP contribution is -2.06. The van der Waals surface area contributed by atoms with Crippen LogP contribution in [0.1, 0.15) is 11.3 Å². The van der Waals surface area contributed by atoms with Crippen LogP contribution in [0.15, 0.2) is 41.6 Å². The number of nitrogens with zero attached hydrogens (tertiary/aromatic N) is 1. The highest BCUT2D eigenvalue weighted by atomic mass is 35.5. The molecule has 2 aromatic rings. The van der Waals surface area contributed by atoms with Gasteiger partial charge in [-0.1, -0.05) is 29.3 Å². The molecule has 0 spiro atoms. The van der Waals surface area contributed by atoms with Crippen molar-refractivity contribution in [1.29, 1.82) is 0 Å². The first-order valence-electron chi connectivity index (χ1n) is 5.09. The van der Waals surface area contributed by atoms with E-state index in [1.165, 1.54) is 0 Å². The van der Waals surface area contributed by atoms with Crippen LogP contribution in [-0.4, -0.2) is 11.2 Å². The van der Waals surface area contributed by atoms with E-state index in [-0.39, 0.29) is 0 Å². The predicted molar refractivity (Wildman–Crippen MR) is 71.7 cm³/mol. The number of rotatable bonds is 4. The minimum absolute atomic E-state index is 0.496. The quantitative estimate of drug-likeness (QED) is 0.647. The summed E-state index contributed by atoms with van der Waals surface area (Å²) in [7, 11) is 0. The SMILES string of the molecule is Clc1cccc(Cl)c1CN/N=C\c1ccc[nH]1. The molecule has 0 unspecified atom stereocenters. The van der Waals surface area contributed by atoms with Crippen molar-refractivity contribution in [1.82, 2.24) is 10.4 Å². The maximum atomic E-state index is 6.03. The number of aromatic nitrogens is 1. The Labute approximate surface area is 109 Å². The van der Waals surface area contributed by atoms with Crippen LogP contribution in [0.3, 0.4) is 0 Å². The second-order valence-electron chi connectivity index (χ2n) is 3.42. The van der Waals surface area contributed by atoms with Gasteiger partial charge in [0.15, 0.2) is 0 Å². The lowest BCUT2D eigenvalue weighted by Gasteiger charge is -2.05. The van der Waals surface area contributed by atoms with Crippen molar-refractivity contribution < 1.29 is 0 Å². The summed E-state index contributed by atoms with van der Waals surface area (Å²) in [5.74, 6) is 0. The summed E-state index contributed by atoms with van der Waals surface area (Å²) in [5.41, 5.74) is 4.68. The molecule has 5 heteroatoms. The van der Waals surface area contributed by atoms with Gasteiger partial charge in [0.05, 0.1) is 18.5 Å². The third-order valence-electron chi connectivity index (χ3n) is 2.23. The molecule has 0 atom stereocenters. The smallest absolute Gasteiger partial charge is 0.0703 e. The van der Waals surface area contributed by atoms with Gasteiger partial charge in [-0.05, 0) is 24.3 Å². The Morgan fingerprint density at radius 1 is 1.18 bits per heavy atom. The van der Waals surface area contributed by atoms with Crippen molar-refractivity contribution >= 4 is 29.4 Å². The number of hydrogen-bond donors (Lipinski definition) is 2. The van der Waals surface area contributed by atoms with Crippen molar-refractivity contribution in [2.75, 3.05) is 0 Å². The molecule has 0 aliphatic carbocycles. The van der Waals surface area contributed by atoms with Crippen LogP contribution in [0.2, 0.25) is 10.0 Å². The lowest BCUT2D eigenvalue weighted by atomic mass is 10.2. The lowest BCUT2D eigenvalue weighted by molar-refractivity contribution is 0.748. The molecule has 17 heavy (non-hydrogen) atoms. The van der Waals surface area contributed by atoms with Gasteiger partial charge in [-0.15, -0.1) is 0 Å². The highest BCUT2D eigenvalue weighted by molar-refractivity contribution is 6.35. The van der Waals surface area contributed by atoms with Gasteiger partial charge in [0, 0.05) is 21.8 Å². The van der Waals surface area contributed by atoms with E-state index in [1.54, 1.807) is 18.3 Å². The van der Waals surface area contributed by atoms with E-state index in [0.717, 1.165) is 11.3 Å². The van der Waals surface area contributed by atoms with Gasteiger partial charge in [-0.2, -0.15) is 5.10 Å². The van der Waals surface area contributed by atoms with Crippen LogP contribution in [-0.2, 0) is 6.54 Å². The largest absolute Gasteiger partial charge is 0.360 e. The van der Waals surface area contributed by atoms with Crippen LogP contribution >= 0.6 is 23.2 Å². The third kappa shape index (κ3) is 3.25. The molecule has 0 radical (unpaired) electrons. The molecular weight excluding hydrogens is 257 g/mol. The van der Waals surface area contributed by atoms with Gasteiger partial charge in [0.1, 0.15) is 0 Å². The molecule has 0 aliphatic rings. The third-order valence-corrected chi connectivity index (χ3v) is 2.94. The van der Waals surface area contributed by atoms with Crippen molar-refractivity contribution in [3.05, 3.63) is 57.8 Å². The monoisotopic (exact) mass is 267 g/mol. The molecule has 0 bridgehead atoms. The summed E-state index contributed by atoms with van der Waals surface area (Å²) in [5, 5.41) is 5.35. The predicted octanol–water partition coefficient (Wildman–Crippen LogP) is 3.45. The van der Waals surface area contributed by atoms with Gasteiger partial charge in [0.25, 0.3) is 0 Å². The molecule has 0 saturated heterocycles. The summed E-state index contributed by atoms with van der Waals surface area (Å²) in [4.78, 5) is 3.02. The van der Waals surface area contributed by atoms with Gasteiger partial charge >= 0.3 is 0 Å². The highest BCUT2D eigenvalue weighted by Crippen LogP contribution is 2.23. The molecule has 0 amide bonds. The number of hydrogen-bond acceptors (Lipinski definition) is 2. The van der Waals surface area contributed by atoms with Crippen molar-refractivity contribution in [3.8, 4) is 0 Å². The minimum Gasteiger partial charge on any atom is -0.360 e. The molecule has 1 heterocycles. The second kappa shape index (κ2) is 5.75. The minimum atomic E-state index is 0.496. The zero-order valence-electron chi connectivity index (χ0n) is 8.95. The maximum absolute atomic E-state index is 6.03. The van der Waals surface area contributed by atoms with Crippen molar-refractivity contribution in [3.63, 3.8) is 0 Å². The Kier molecular flexibility index (Phi) is 4.07. The topological polar surface area (TPSA) is 40.2 Å². The summed E-state index contributed by atoms with van der Waals surface area (Å²) < 4.78 is 0. The number of benzene rings is 1. The Hall–Kier alpha value is -1.45. The molecule has 3 nitrogen and oxygen atoms in total. The first kappa shape index (κ1) is 12.0. The Morgan fingerprint density at radius 2 is 1.94 bits per heavy atom. The molecule has 0 saturated carbocycles. The van der Waals surface area contributed by atoms with E-state index >= 15 is 0 Å². The average molecular weight is 268 g/mol. The van der Waals surface area contributed by atoms with E-state index < -0.39 is 0 Å². The molecule has 2 N–H and O–H groups in total. The number of halogens is 2. The van der Waals surface area contributed by atoms with Crippen LogP contribution in [0.4, 0.5) is 0 Å². The molecule has 88 valence electrons. The number of H-pyrrole nitrogens is 1. The van der Waals surface area contributed by atoms with Gasteiger partial charge < -0.3 is 10.4 Å². The molecular formula is C12H11Cl2N3. The van der Waals surface area contributed by atoms with Gasteiger partial charge in [0.2, 0.25) is 0 Å². The van der Waals surface area contributed by atoms with Crippen molar-refractivity contribution in [2.24, 2.45) is 5.10 Å². The van der Waals surface area contributed by atoms with Gasteiger partial charge in [-0.25, -0.2) is 0 Å². The molecule has 2 rings (SSSR count). The average Bonchev–Trinajstić information content (AvgIpc) is 2.80. The summed E-state index contributed by atoms with van der Waals surface area (Å²) in [6.07, 6.45) is 3.54. The summed E-state index contributed by atoms with van der Waals surface area (Å²) >= 11 is 12.1. The number of aromatic amines is 1. The van der Waals surface area contributed by atoms with Crippen molar-refractivity contribution in [2.45, 2.75) is 6.54 Å². The first-order chi connectivity index (χ1) is 8.27. The number of hydrazone groups is 1. The summed E-state index contributed by atoms with van der Waals surface area (Å²) in [6.45, 7) is 0.496. The molecule has 0 fully saturated rings. The standard InChI is InChI=1S/C12H11Cl2N3/c13-11-4-1-5-12(14)10(11)8-17-16-7-9-3-2-6-15-9/h1-7,15,17H,8H2/b16-7-. The molecule has 1 aromatic carbocycles. The molecule has 0 aliphatic heterocycles. The fourth-order valence-corrected chi connectivity index (χ4v) is 1.90. The van der Waals surface area contributed by atoms with Crippen LogP contribution in [0, 0.1) is 0 Å². The van der Waals surface area contributed by atoms with E-state index in [2.05, 4.69) is 15.5 Å². The fourth-order valence-electron chi connectivity index (χ4n) is 1.37. The molecule has 1 aromatic heterocycles.